The summed E-state index contributed by atoms with van der Waals surface area (Å²) in [6, 6.07) is 22.6. The highest BCUT2D eigenvalue weighted by Crippen LogP contribution is 2.29. The SMILES string of the molecule is C/N=C/c1cccc(-c2ccccc2/C=N/c2ccc(C)cc2OC)c1. The Balaban J connectivity index is 1.99. The maximum absolute atomic E-state index is 5.44. The number of benzene rings is 3. The third-order valence-corrected chi connectivity index (χ3v) is 4.11. The Morgan fingerprint density at radius 1 is 0.885 bits per heavy atom. The molecule has 0 fully saturated rings. The molecular weight excluding hydrogens is 320 g/mol. The Labute approximate surface area is 154 Å². The molecule has 0 atom stereocenters. The van der Waals surface area contributed by atoms with Crippen LogP contribution in [0.2, 0.25) is 0 Å². The predicted molar refractivity (Wildman–Crippen MR) is 110 cm³/mol. The lowest BCUT2D eigenvalue weighted by Gasteiger charge is -2.08. The molecule has 0 heterocycles. The van der Waals surface area contributed by atoms with Crippen LogP contribution in [-0.2, 0) is 0 Å². The molecule has 0 N–H and O–H groups in total. The van der Waals surface area contributed by atoms with Gasteiger partial charge < -0.3 is 4.74 Å². The van der Waals surface area contributed by atoms with Gasteiger partial charge in [0.15, 0.2) is 0 Å². The second-order valence-electron chi connectivity index (χ2n) is 6.03. The fourth-order valence-electron chi connectivity index (χ4n) is 2.84. The zero-order valence-corrected chi connectivity index (χ0v) is 15.3. The Morgan fingerprint density at radius 3 is 2.54 bits per heavy atom. The highest BCUT2D eigenvalue weighted by Gasteiger charge is 2.05. The van der Waals surface area contributed by atoms with Crippen LogP contribution in [0.3, 0.4) is 0 Å². The van der Waals surface area contributed by atoms with Crippen LogP contribution in [0, 0.1) is 6.92 Å². The minimum Gasteiger partial charge on any atom is -0.494 e. The van der Waals surface area contributed by atoms with E-state index in [0.717, 1.165) is 39.3 Å². The van der Waals surface area contributed by atoms with Gasteiger partial charge in [-0.3, -0.25) is 9.98 Å². The molecule has 3 rings (SSSR count). The number of hydrogen-bond donors (Lipinski definition) is 0. The summed E-state index contributed by atoms with van der Waals surface area (Å²) in [7, 11) is 3.45. The van der Waals surface area contributed by atoms with Crippen molar-refractivity contribution in [2.75, 3.05) is 14.2 Å². The molecule has 0 saturated carbocycles. The summed E-state index contributed by atoms with van der Waals surface area (Å²) in [5.41, 5.74) is 6.38. The van der Waals surface area contributed by atoms with Gasteiger partial charge in [0.25, 0.3) is 0 Å². The second-order valence-corrected chi connectivity index (χ2v) is 6.03. The van der Waals surface area contributed by atoms with Gasteiger partial charge in [0.1, 0.15) is 11.4 Å². The van der Waals surface area contributed by atoms with Crippen LogP contribution < -0.4 is 4.74 Å². The summed E-state index contributed by atoms with van der Waals surface area (Å²) in [5, 5.41) is 0. The van der Waals surface area contributed by atoms with Gasteiger partial charge >= 0.3 is 0 Å². The van der Waals surface area contributed by atoms with E-state index < -0.39 is 0 Å². The fourth-order valence-corrected chi connectivity index (χ4v) is 2.84. The zero-order chi connectivity index (χ0) is 18.4. The monoisotopic (exact) mass is 342 g/mol. The number of aryl methyl sites for hydroxylation is 1. The Bertz CT molecular complexity index is 958. The highest BCUT2D eigenvalue weighted by molar-refractivity contribution is 5.93. The topological polar surface area (TPSA) is 34.0 Å². The normalized spacial score (nSPS) is 11.3. The summed E-state index contributed by atoms with van der Waals surface area (Å²) >= 11 is 0. The van der Waals surface area contributed by atoms with Gasteiger partial charge in [0.2, 0.25) is 0 Å². The van der Waals surface area contributed by atoms with Crippen LogP contribution >= 0.6 is 0 Å². The first-order valence-corrected chi connectivity index (χ1v) is 8.51. The third-order valence-electron chi connectivity index (χ3n) is 4.11. The number of hydrogen-bond acceptors (Lipinski definition) is 3. The predicted octanol–water partition coefficient (Wildman–Crippen LogP) is 5.47. The van der Waals surface area contributed by atoms with E-state index in [0.29, 0.717) is 0 Å². The van der Waals surface area contributed by atoms with E-state index in [2.05, 4.69) is 34.3 Å². The third kappa shape index (κ3) is 4.06. The van der Waals surface area contributed by atoms with Crippen molar-refractivity contribution >= 4 is 18.1 Å². The van der Waals surface area contributed by atoms with Crippen molar-refractivity contribution in [2.45, 2.75) is 6.92 Å². The summed E-state index contributed by atoms with van der Waals surface area (Å²) in [4.78, 5) is 8.76. The lowest BCUT2D eigenvalue weighted by Crippen LogP contribution is -1.90. The van der Waals surface area contributed by atoms with Crippen LogP contribution in [-0.4, -0.2) is 26.6 Å². The average molecular weight is 342 g/mol. The summed E-state index contributed by atoms with van der Waals surface area (Å²) in [6.45, 7) is 2.04. The van der Waals surface area contributed by atoms with Gasteiger partial charge in [0.05, 0.1) is 7.11 Å². The number of methoxy groups -OCH3 is 1. The minimum absolute atomic E-state index is 0.778. The highest BCUT2D eigenvalue weighted by atomic mass is 16.5. The van der Waals surface area contributed by atoms with Crippen LogP contribution in [0.4, 0.5) is 5.69 Å². The molecule has 3 nitrogen and oxygen atoms in total. The second kappa shape index (κ2) is 8.26. The average Bonchev–Trinajstić information content (AvgIpc) is 2.67. The molecule has 0 bridgehead atoms. The number of aliphatic imine (C=N–C) groups is 2. The first-order chi connectivity index (χ1) is 12.7. The first-order valence-electron chi connectivity index (χ1n) is 8.51. The molecule has 0 unspecified atom stereocenters. The fraction of sp³-hybridized carbons (Fsp3) is 0.130. The molecule has 0 saturated heterocycles. The van der Waals surface area contributed by atoms with Crippen LogP contribution in [0.15, 0.2) is 76.7 Å². The molecule has 3 heteroatoms. The molecular formula is C23H22N2O. The van der Waals surface area contributed by atoms with Crippen molar-refractivity contribution in [3.8, 4) is 16.9 Å². The number of ether oxygens (including phenoxy) is 1. The molecule has 0 aromatic heterocycles. The summed E-state index contributed by atoms with van der Waals surface area (Å²) < 4.78 is 5.44. The van der Waals surface area contributed by atoms with Crippen molar-refractivity contribution in [1.82, 2.24) is 0 Å². The molecule has 0 radical (unpaired) electrons. The molecule has 130 valence electrons. The lowest BCUT2D eigenvalue weighted by atomic mass is 9.99. The van der Waals surface area contributed by atoms with Gasteiger partial charge in [-0.2, -0.15) is 0 Å². The van der Waals surface area contributed by atoms with Crippen LogP contribution in [0.5, 0.6) is 5.75 Å². The molecule has 0 aliphatic carbocycles. The number of rotatable bonds is 5. The van der Waals surface area contributed by atoms with E-state index >= 15 is 0 Å². The first kappa shape index (κ1) is 17.6. The maximum Gasteiger partial charge on any atom is 0.144 e. The van der Waals surface area contributed by atoms with E-state index in [9.17, 15) is 0 Å². The smallest absolute Gasteiger partial charge is 0.144 e. The van der Waals surface area contributed by atoms with Crippen molar-refractivity contribution < 1.29 is 4.74 Å². The lowest BCUT2D eigenvalue weighted by molar-refractivity contribution is 0.416. The van der Waals surface area contributed by atoms with Gasteiger partial charge in [0, 0.05) is 25.0 Å². The van der Waals surface area contributed by atoms with E-state index in [4.69, 9.17) is 4.74 Å². The number of nitrogens with zero attached hydrogens (tertiary/aromatic N) is 2. The molecule has 0 aliphatic rings. The summed E-state index contributed by atoms with van der Waals surface area (Å²) in [5.74, 6) is 0.778. The van der Waals surface area contributed by atoms with Gasteiger partial charge in [-0.25, -0.2) is 0 Å². The van der Waals surface area contributed by atoms with E-state index in [1.165, 1.54) is 0 Å². The minimum atomic E-state index is 0.778. The Kier molecular flexibility index (Phi) is 5.59. The standard InChI is InChI=1S/C23H22N2O/c1-17-11-12-22(23(13-17)26-3)25-16-20-8-4-5-10-21(20)19-9-6-7-18(14-19)15-24-2/h4-16H,1-3H3/b24-15+,25-16+. The van der Waals surface area contributed by atoms with Gasteiger partial charge in [-0.15, -0.1) is 0 Å². The van der Waals surface area contributed by atoms with Gasteiger partial charge in [-0.05, 0) is 47.4 Å². The van der Waals surface area contributed by atoms with Crippen LogP contribution in [0.1, 0.15) is 16.7 Å². The van der Waals surface area contributed by atoms with Crippen molar-refractivity contribution in [1.29, 1.82) is 0 Å². The van der Waals surface area contributed by atoms with E-state index in [-0.39, 0.29) is 0 Å². The quantitative estimate of drug-likeness (QED) is 0.566. The molecule has 3 aromatic carbocycles. The Morgan fingerprint density at radius 2 is 1.73 bits per heavy atom. The van der Waals surface area contributed by atoms with E-state index in [1.807, 2.05) is 61.8 Å². The van der Waals surface area contributed by atoms with Crippen molar-refractivity contribution in [3.05, 3.63) is 83.4 Å². The van der Waals surface area contributed by atoms with Crippen molar-refractivity contribution in [3.63, 3.8) is 0 Å². The van der Waals surface area contributed by atoms with E-state index in [1.54, 1.807) is 14.2 Å². The maximum atomic E-state index is 5.44. The molecule has 26 heavy (non-hydrogen) atoms. The largest absolute Gasteiger partial charge is 0.494 e. The zero-order valence-electron chi connectivity index (χ0n) is 15.3. The van der Waals surface area contributed by atoms with Crippen molar-refractivity contribution in [2.24, 2.45) is 9.98 Å². The molecule has 0 amide bonds. The Hall–Kier alpha value is -3.20. The summed E-state index contributed by atoms with van der Waals surface area (Å²) in [6.07, 6.45) is 3.75. The van der Waals surface area contributed by atoms with Gasteiger partial charge in [-0.1, -0.05) is 48.5 Å². The molecule has 0 spiro atoms. The van der Waals surface area contributed by atoms with Crippen LogP contribution in [0.25, 0.3) is 11.1 Å². The molecule has 3 aromatic rings. The molecule has 0 aliphatic heterocycles.